The third kappa shape index (κ3) is 6.94. The van der Waals surface area contributed by atoms with Gasteiger partial charge in [-0.1, -0.05) is 43.7 Å². The van der Waals surface area contributed by atoms with E-state index in [1.54, 1.807) is 7.11 Å². The van der Waals surface area contributed by atoms with Crippen molar-refractivity contribution in [3.63, 3.8) is 0 Å². The van der Waals surface area contributed by atoms with Crippen LogP contribution in [0.4, 0.5) is 0 Å². The molecule has 0 bridgehead atoms. The molecule has 0 spiro atoms. The van der Waals surface area contributed by atoms with Gasteiger partial charge in [0.05, 0.1) is 13.2 Å². The minimum absolute atomic E-state index is 0.0149. The summed E-state index contributed by atoms with van der Waals surface area (Å²) in [5.74, 6) is 0.0149. The molecule has 0 aliphatic rings. The highest BCUT2D eigenvalue weighted by atomic mass is 16.5. The summed E-state index contributed by atoms with van der Waals surface area (Å²) in [7, 11) is 1.68. The zero-order valence-electron chi connectivity index (χ0n) is 11.8. The van der Waals surface area contributed by atoms with Crippen molar-refractivity contribution in [1.82, 2.24) is 10.6 Å². The standard InChI is InChI=1S/C15H24N2O2/c1-3-7-14(12-19-2)16-11-15(18)17-10-13-8-5-4-6-9-13/h4-6,8-9,14,16H,3,7,10-12H2,1-2H3,(H,17,18). The van der Waals surface area contributed by atoms with Crippen LogP contribution < -0.4 is 10.6 Å². The Kier molecular flexibility index (Phi) is 7.86. The molecule has 1 atom stereocenters. The fourth-order valence-electron chi connectivity index (χ4n) is 1.89. The van der Waals surface area contributed by atoms with Crippen LogP contribution in [0.1, 0.15) is 25.3 Å². The maximum atomic E-state index is 11.7. The Balaban J connectivity index is 2.23. The normalized spacial score (nSPS) is 12.1. The molecule has 19 heavy (non-hydrogen) atoms. The molecule has 1 aromatic carbocycles. The predicted molar refractivity (Wildman–Crippen MR) is 76.9 cm³/mol. The lowest BCUT2D eigenvalue weighted by molar-refractivity contribution is -0.120. The Labute approximate surface area is 115 Å². The van der Waals surface area contributed by atoms with E-state index in [4.69, 9.17) is 4.74 Å². The number of carbonyl (C=O) groups excluding carboxylic acids is 1. The number of hydrogen-bond acceptors (Lipinski definition) is 3. The molecule has 106 valence electrons. The van der Waals surface area contributed by atoms with Crippen LogP contribution >= 0.6 is 0 Å². The first-order chi connectivity index (χ1) is 9.26. The van der Waals surface area contributed by atoms with Crippen molar-refractivity contribution in [1.29, 1.82) is 0 Å². The zero-order chi connectivity index (χ0) is 13.9. The molecular weight excluding hydrogens is 240 g/mol. The number of ether oxygens (including phenoxy) is 1. The van der Waals surface area contributed by atoms with Gasteiger partial charge in [-0.25, -0.2) is 0 Å². The molecule has 0 radical (unpaired) electrons. The van der Waals surface area contributed by atoms with E-state index >= 15 is 0 Å². The van der Waals surface area contributed by atoms with Crippen molar-refractivity contribution in [2.24, 2.45) is 0 Å². The van der Waals surface area contributed by atoms with Gasteiger partial charge < -0.3 is 15.4 Å². The maximum Gasteiger partial charge on any atom is 0.234 e. The molecule has 1 amide bonds. The van der Waals surface area contributed by atoms with Crippen LogP contribution in [0.5, 0.6) is 0 Å². The van der Waals surface area contributed by atoms with E-state index in [2.05, 4.69) is 17.6 Å². The molecule has 0 aliphatic carbocycles. The molecule has 0 aromatic heterocycles. The van der Waals surface area contributed by atoms with Crippen LogP contribution in [-0.2, 0) is 16.1 Å². The van der Waals surface area contributed by atoms with Crippen LogP contribution in [0.2, 0.25) is 0 Å². The van der Waals surface area contributed by atoms with Crippen molar-refractivity contribution in [3.05, 3.63) is 35.9 Å². The minimum atomic E-state index is 0.0149. The van der Waals surface area contributed by atoms with Gasteiger partial charge >= 0.3 is 0 Å². The van der Waals surface area contributed by atoms with Crippen LogP contribution in [0, 0.1) is 0 Å². The third-order valence-electron chi connectivity index (χ3n) is 2.89. The molecule has 0 fully saturated rings. The number of benzene rings is 1. The lowest BCUT2D eigenvalue weighted by atomic mass is 10.2. The average molecular weight is 264 g/mol. The number of amides is 1. The first-order valence-corrected chi connectivity index (χ1v) is 6.79. The van der Waals surface area contributed by atoms with Gasteiger partial charge in [-0.05, 0) is 12.0 Å². The summed E-state index contributed by atoms with van der Waals surface area (Å²) in [5, 5.41) is 6.12. The Morgan fingerprint density at radius 3 is 2.68 bits per heavy atom. The quantitative estimate of drug-likeness (QED) is 0.714. The first-order valence-electron chi connectivity index (χ1n) is 6.79. The van der Waals surface area contributed by atoms with E-state index in [0.29, 0.717) is 19.7 Å². The van der Waals surface area contributed by atoms with E-state index in [0.717, 1.165) is 18.4 Å². The van der Waals surface area contributed by atoms with Gasteiger partial charge in [0.25, 0.3) is 0 Å². The van der Waals surface area contributed by atoms with Gasteiger partial charge in [0.1, 0.15) is 0 Å². The highest BCUT2D eigenvalue weighted by molar-refractivity contribution is 5.78. The smallest absolute Gasteiger partial charge is 0.234 e. The Bertz CT molecular complexity index is 348. The minimum Gasteiger partial charge on any atom is -0.383 e. The van der Waals surface area contributed by atoms with E-state index in [1.807, 2.05) is 30.3 Å². The predicted octanol–water partition coefficient (Wildman–Crippen LogP) is 1.71. The highest BCUT2D eigenvalue weighted by Gasteiger charge is 2.08. The van der Waals surface area contributed by atoms with Gasteiger partial charge in [-0.3, -0.25) is 4.79 Å². The SMILES string of the molecule is CCCC(COC)NCC(=O)NCc1ccccc1. The molecule has 0 heterocycles. The summed E-state index contributed by atoms with van der Waals surface area (Å²) in [4.78, 5) is 11.7. The summed E-state index contributed by atoms with van der Waals surface area (Å²) in [6, 6.07) is 10.1. The number of nitrogens with one attached hydrogen (secondary N) is 2. The monoisotopic (exact) mass is 264 g/mol. The fraction of sp³-hybridized carbons (Fsp3) is 0.533. The van der Waals surface area contributed by atoms with Crippen molar-refractivity contribution in [3.8, 4) is 0 Å². The molecule has 1 unspecified atom stereocenters. The lowest BCUT2D eigenvalue weighted by Gasteiger charge is -2.16. The van der Waals surface area contributed by atoms with E-state index in [9.17, 15) is 4.79 Å². The number of methoxy groups -OCH3 is 1. The molecule has 4 nitrogen and oxygen atoms in total. The summed E-state index contributed by atoms with van der Waals surface area (Å²) in [6.45, 7) is 3.67. The second kappa shape index (κ2) is 9.53. The third-order valence-corrected chi connectivity index (χ3v) is 2.89. The fourth-order valence-corrected chi connectivity index (χ4v) is 1.89. The van der Waals surface area contributed by atoms with Gasteiger partial charge in [-0.2, -0.15) is 0 Å². The zero-order valence-corrected chi connectivity index (χ0v) is 11.8. The molecular formula is C15H24N2O2. The highest BCUT2D eigenvalue weighted by Crippen LogP contribution is 1.98. The molecule has 2 N–H and O–H groups in total. The van der Waals surface area contributed by atoms with Crippen LogP contribution in [0.25, 0.3) is 0 Å². The molecule has 0 aliphatic heterocycles. The summed E-state index contributed by atoms with van der Waals surface area (Å²) < 4.78 is 5.12. The van der Waals surface area contributed by atoms with Crippen LogP contribution in [0.3, 0.4) is 0 Å². The Hall–Kier alpha value is -1.39. The van der Waals surface area contributed by atoms with Gasteiger partial charge in [0.15, 0.2) is 0 Å². The van der Waals surface area contributed by atoms with Gasteiger partial charge in [0, 0.05) is 19.7 Å². The van der Waals surface area contributed by atoms with Gasteiger partial charge in [0.2, 0.25) is 5.91 Å². The second-order valence-corrected chi connectivity index (χ2v) is 4.58. The number of hydrogen-bond donors (Lipinski definition) is 2. The average Bonchev–Trinajstić information content (AvgIpc) is 2.44. The molecule has 1 rings (SSSR count). The summed E-state index contributed by atoms with van der Waals surface area (Å²) >= 11 is 0. The van der Waals surface area contributed by atoms with E-state index < -0.39 is 0 Å². The molecule has 1 aromatic rings. The number of rotatable bonds is 9. The topological polar surface area (TPSA) is 50.4 Å². The van der Waals surface area contributed by atoms with E-state index in [-0.39, 0.29) is 11.9 Å². The summed E-state index contributed by atoms with van der Waals surface area (Å²) in [6.07, 6.45) is 2.09. The van der Waals surface area contributed by atoms with Crippen molar-refractivity contribution >= 4 is 5.91 Å². The Morgan fingerprint density at radius 1 is 1.32 bits per heavy atom. The maximum absolute atomic E-state index is 11.7. The van der Waals surface area contributed by atoms with Crippen LogP contribution in [-0.4, -0.2) is 32.2 Å². The van der Waals surface area contributed by atoms with Crippen LogP contribution in [0.15, 0.2) is 30.3 Å². The molecule has 0 saturated carbocycles. The molecule has 4 heteroatoms. The Morgan fingerprint density at radius 2 is 2.05 bits per heavy atom. The van der Waals surface area contributed by atoms with Crippen molar-refractivity contribution < 1.29 is 9.53 Å². The largest absolute Gasteiger partial charge is 0.383 e. The second-order valence-electron chi connectivity index (χ2n) is 4.58. The van der Waals surface area contributed by atoms with Gasteiger partial charge in [-0.15, -0.1) is 0 Å². The van der Waals surface area contributed by atoms with Crippen molar-refractivity contribution in [2.75, 3.05) is 20.3 Å². The number of carbonyl (C=O) groups is 1. The summed E-state index contributed by atoms with van der Waals surface area (Å²) in [5.41, 5.74) is 1.11. The van der Waals surface area contributed by atoms with Crippen molar-refractivity contribution in [2.45, 2.75) is 32.4 Å². The first kappa shape index (κ1) is 15.7. The lowest BCUT2D eigenvalue weighted by Crippen LogP contribution is -2.41. The van der Waals surface area contributed by atoms with E-state index in [1.165, 1.54) is 0 Å². The molecule has 0 saturated heterocycles.